The molecular weight excluding hydrogens is 618 g/mol. The van der Waals surface area contributed by atoms with Crippen molar-refractivity contribution in [2.75, 3.05) is 77.1 Å². The summed E-state index contributed by atoms with van der Waals surface area (Å²) in [5.74, 6) is 0.986. The molecule has 0 unspecified atom stereocenters. The maximum atomic E-state index is 11.5. The van der Waals surface area contributed by atoms with Crippen molar-refractivity contribution in [3.05, 3.63) is 48.2 Å². The van der Waals surface area contributed by atoms with E-state index in [1.54, 1.807) is 30.5 Å². The highest BCUT2D eigenvalue weighted by molar-refractivity contribution is 5.77. The van der Waals surface area contributed by atoms with Crippen molar-refractivity contribution in [1.82, 2.24) is 20.1 Å². The van der Waals surface area contributed by atoms with E-state index < -0.39 is 17.2 Å². The molecule has 1 aromatic carbocycles. The Hall–Kier alpha value is -4.42. The van der Waals surface area contributed by atoms with E-state index in [0.717, 1.165) is 5.56 Å². The van der Waals surface area contributed by atoms with E-state index in [0.29, 0.717) is 100 Å². The number of nitriles is 1. The molecule has 3 aromatic rings. The van der Waals surface area contributed by atoms with Gasteiger partial charge in [-0.2, -0.15) is 10.4 Å². The van der Waals surface area contributed by atoms with Gasteiger partial charge in [-0.1, -0.05) is 12.1 Å². The zero-order valence-corrected chi connectivity index (χ0v) is 28.8. The summed E-state index contributed by atoms with van der Waals surface area (Å²) < 4.78 is 34.7. The number of nitrogens with zero attached hydrogens (tertiary/aromatic N) is 4. The minimum atomic E-state index is -0.525. The van der Waals surface area contributed by atoms with Crippen molar-refractivity contribution < 1.29 is 33.2 Å². The third kappa shape index (κ3) is 13.4. The van der Waals surface area contributed by atoms with Crippen LogP contribution in [0, 0.1) is 11.3 Å². The Morgan fingerprint density at radius 1 is 0.875 bits per heavy atom. The second kappa shape index (κ2) is 18.8. The van der Waals surface area contributed by atoms with Gasteiger partial charge in [-0.3, -0.25) is 0 Å². The normalized spacial score (nSPS) is 11.6. The lowest BCUT2D eigenvalue weighted by Crippen LogP contribution is -2.34. The van der Waals surface area contributed by atoms with E-state index in [-0.39, 0.29) is 0 Å². The lowest BCUT2D eigenvalue weighted by Gasteiger charge is -2.23. The van der Waals surface area contributed by atoms with Crippen LogP contribution < -0.4 is 21.1 Å². The average molecular weight is 668 g/mol. The molecule has 0 bridgehead atoms. The van der Waals surface area contributed by atoms with Crippen LogP contribution in [0.3, 0.4) is 0 Å². The number of nitrogens with one attached hydrogen (secondary N) is 2. The van der Waals surface area contributed by atoms with Crippen molar-refractivity contribution in [3.8, 4) is 23.2 Å². The molecule has 2 aromatic heterocycles. The second-order valence-electron chi connectivity index (χ2n) is 12.6. The van der Waals surface area contributed by atoms with Gasteiger partial charge in [0.15, 0.2) is 0 Å². The molecular formula is C34H49N7O7. The van der Waals surface area contributed by atoms with E-state index in [1.807, 2.05) is 58.4 Å². The number of amides is 1. The Morgan fingerprint density at radius 2 is 1.46 bits per heavy atom. The fraction of sp³-hybridized carbons (Fsp3) is 0.529. The maximum absolute atomic E-state index is 11.5. The summed E-state index contributed by atoms with van der Waals surface area (Å²) in [5.41, 5.74) is 8.06. The van der Waals surface area contributed by atoms with Crippen LogP contribution in [0.4, 0.5) is 22.0 Å². The van der Waals surface area contributed by atoms with Crippen LogP contribution in [-0.4, -0.2) is 92.5 Å². The van der Waals surface area contributed by atoms with Crippen LogP contribution >= 0.6 is 0 Å². The Bertz CT molecular complexity index is 1460. The number of pyridine rings is 1. The van der Waals surface area contributed by atoms with Gasteiger partial charge in [-0.05, 0) is 59.7 Å². The van der Waals surface area contributed by atoms with Crippen molar-refractivity contribution in [2.24, 2.45) is 0 Å². The smallest absolute Gasteiger partial charge is 0.407 e. The minimum absolute atomic E-state index is 0.303. The Kier molecular flexibility index (Phi) is 14.9. The first kappa shape index (κ1) is 38.0. The van der Waals surface area contributed by atoms with E-state index >= 15 is 0 Å². The van der Waals surface area contributed by atoms with E-state index in [1.165, 1.54) is 0 Å². The van der Waals surface area contributed by atoms with Crippen LogP contribution in [0.2, 0.25) is 0 Å². The molecule has 14 heteroatoms. The molecule has 0 spiro atoms. The third-order valence-corrected chi connectivity index (χ3v) is 6.32. The fourth-order valence-corrected chi connectivity index (χ4v) is 4.18. The summed E-state index contributed by atoms with van der Waals surface area (Å²) in [4.78, 5) is 15.8. The number of ether oxygens (including phenoxy) is 6. The molecule has 1 amide bonds. The highest BCUT2D eigenvalue weighted by Gasteiger charge is 2.26. The summed E-state index contributed by atoms with van der Waals surface area (Å²) >= 11 is 0. The number of aromatic nitrogens is 3. The number of nitrogens with two attached hydrogens (primary N) is 1. The van der Waals surface area contributed by atoms with Gasteiger partial charge in [-0.25, -0.2) is 14.5 Å². The van der Waals surface area contributed by atoms with Crippen LogP contribution in [0.15, 0.2) is 42.6 Å². The maximum Gasteiger partial charge on any atom is 0.407 e. The Labute approximate surface area is 282 Å². The van der Waals surface area contributed by atoms with Gasteiger partial charge in [0.2, 0.25) is 5.88 Å². The Morgan fingerprint density at radius 3 is 2.02 bits per heavy atom. The third-order valence-electron chi connectivity index (χ3n) is 6.32. The summed E-state index contributed by atoms with van der Waals surface area (Å²) in [7, 11) is 0. The largest absolute Gasteiger partial charge is 0.475 e. The fourth-order valence-electron chi connectivity index (χ4n) is 4.18. The van der Waals surface area contributed by atoms with Gasteiger partial charge >= 0.3 is 6.09 Å². The van der Waals surface area contributed by atoms with Gasteiger partial charge in [0.05, 0.1) is 58.4 Å². The van der Waals surface area contributed by atoms with Gasteiger partial charge in [0.1, 0.15) is 35.4 Å². The lowest BCUT2D eigenvalue weighted by molar-refractivity contribution is -0.00468. The van der Waals surface area contributed by atoms with Gasteiger partial charge in [-0.15, -0.1) is 0 Å². The minimum Gasteiger partial charge on any atom is -0.475 e. The zero-order chi connectivity index (χ0) is 35.0. The highest BCUT2D eigenvalue weighted by atomic mass is 16.6. The predicted octanol–water partition coefficient (Wildman–Crippen LogP) is 4.87. The number of hydrogen-bond donors (Lipinski definition) is 3. The molecule has 262 valence electrons. The molecule has 0 saturated heterocycles. The summed E-state index contributed by atoms with van der Waals surface area (Å²) in [6.45, 7) is 15.5. The number of anilines is 3. The number of hydrogen-bond acceptors (Lipinski definition) is 12. The molecule has 0 aliphatic carbocycles. The van der Waals surface area contributed by atoms with Gasteiger partial charge < -0.3 is 44.8 Å². The number of carbonyl (C=O) groups is 1. The van der Waals surface area contributed by atoms with Gasteiger partial charge in [0.25, 0.3) is 0 Å². The van der Waals surface area contributed by atoms with Crippen molar-refractivity contribution >= 4 is 23.3 Å². The molecule has 48 heavy (non-hydrogen) atoms. The van der Waals surface area contributed by atoms with Crippen molar-refractivity contribution in [3.63, 3.8) is 0 Å². The molecule has 0 aliphatic heterocycles. The number of alkyl carbamates (subject to hydrolysis) is 1. The van der Waals surface area contributed by atoms with Crippen molar-refractivity contribution in [2.45, 2.75) is 52.7 Å². The molecule has 0 saturated carbocycles. The molecule has 0 fully saturated rings. The first-order valence-corrected chi connectivity index (χ1v) is 15.9. The SMILES string of the molecule is CC(C)(C)OC(=O)NCCOCCOCCOCCOCCOc1cc(Nc2c(C#N)c(-c3ccc(N)cc3)nn2C(C)(C)C)ccn1. The zero-order valence-electron chi connectivity index (χ0n) is 28.8. The van der Waals surface area contributed by atoms with E-state index in [4.69, 9.17) is 39.3 Å². The Balaban J connectivity index is 1.31. The molecule has 0 aliphatic rings. The number of carbonyl (C=O) groups excluding carboxylic acids is 1. The van der Waals surface area contributed by atoms with Crippen LogP contribution in [0.5, 0.6) is 5.88 Å². The molecule has 0 radical (unpaired) electrons. The molecule has 14 nitrogen and oxygen atoms in total. The van der Waals surface area contributed by atoms with E-state index in [2.05, 4.69) is 21.7 Å². The first-order chi connectivity index (χ1) is 22.9. The molecule has 3 rings (SSSR count). The first-order valence-electron chi connectivity index (χ1n) is 15.9. The number of benzene rings is 1. The van der Waals surface area contributed by atoms with Gasteiger partial charge in [0, 0.05) is 35.7 Å². The summed E-state index contributed by atoms with van der Waals surface area (Å²) in [6, 6.07) is 13.2. The summed E-state index contributed by atoms with van der Waals surface area (Å²) in [6.07, 6.45) is 1.17. The number of nitrogen functional groups attached to an aromatic ring is 1. The van der Waals surface area contributed by atoms with E-state index in [9.17, 15) is 10.1 Å². The monoisotopic (exact) mass is 667 g/mol. The lowest BCUT2D eigenvalue weighted by atomic mass is 10.1. The van der Waals surface area contributed by atoms with Crippen LogP contribution in [0.1, 0.15) is 47.1 Å². The van der Waals surface area contributed by atoms with Crippen LogP contribution in [-0.2, 0) is 29.2 Å². The molecule has 2 heterocycles. The van der Waals surface area contributed by atoms with Crippen LogP contribution in [0.25, 0.3) is 11.3 Å². The van der Waals surface area contributed by atoms with Crippen molar-refractivity contribution in [1.29, 1.82) is 5.26 Å². The topological polar surface area (TPSA) is 177 Å². The molecule has 0 atom stereocenters. The predicted molar refractivity (Wildman–Crippen MR) is 182 cm³/mol. The molecule has 4 N–H and O–H groups in total. The average Bonchev–Trinajstić information content (AvgIpc) is 3.39. The summed E-state index contributed by atoms with van der Waals surface area (Å²) in [5, 5.41) is 20.9. The number of rotatable bonds is 19. The standard InChI is InChI=1S/C34H49N7O7/c1-33(2,3)41-31(28(24-35)30(40-41)25-7-9-26(36)10-8-25)39-27-11-12-37-29(23-27)47-22-21-46-20-19-45-18-17-44-16-15-43-14-13-38-32(42)48-34(4,5)6/h7-12,23H,13-22,36H2,1-6H3,(H,37,39)(H,38,42). The second-order valence-corrected chi connectivity index (χ2v) is 12.6. The highest BCUT2D eigenvalue weighted by Crippen LogP contribution is 2.34. The quantitative estimate of drug-likeness (QED) is 0.117.